The van der Waals surface area contributed by atoms with Crippen molar-refractivity contribution in [3.05, 3.63) is 65.6 Å². The van der Waals surface area contributed by atoms with Gasteiger partial charge in [0.2, 0.25) is 0 Å². The highest BCUT2D eigenvalue weighted by Crippen LogP contribution is 2.29. The summed E-state index contributed by atoms with van der Waals surface area (Å²) in [4.78, 5) is 13.0. The third-order valence-electron chi connectivity index (χ3n) is 4.29. The smallest absolute Gasteiger partial charge is 0.357 e. The molecule has 0 saturated carbocycles. The maximum atomic E-state index is 12.6. The van der Waals surface area contributed by atoms with E-state index in [9.17, 15) is 13.2 Å². The van der Waals surface area contributed by atoms with Crippen molar-refractivity contribution in [3.8, 4) is 11.6 Å². The molecule has 0 aliphatic heterocycles. The fourth-order valence-corrected chi connectivity index (χ4v) is 2.74. The number of nitrogens with zero attached hydrogens (tertiary/aromatic N) is 4. The van der Waals surface area contributed by atoms with Crippen molar-refractivity contribution in [2.45, 2.75) is 25.9 Å². The number of halogens is 3. The van der Waals surface area contributed by atoms with Gasteiger partial charge in [-0.2, -0.15) is 18.2 Å². The first-order valence-electron chi connectivity index (χ1n) is 9.88. The van der Waals surface area contributed by atoms with Gasteiger partial charge < -0.3 is 15.2 Å². The van der Waals surface area contributed by atoms with Crippen molar-refractivity contribution in [3.63, 3.8) is 0 Å². The molecule has 31 heavy (non-hydrogen) atoms. The molecule has 0 amide bonds. The summed E-state index contributed by atoms with van der Waals surface area (Å²) < 4.78 is 43.1. The molecule has 2 aromatic heterocycles. The first kappa shape index (κ1) is 22.3. The number of nitrogens with one attached hydrogen (secondary N) is 2. The van der Waals surface area contributed by atoms with Gasteiger partial charge in [0, 0.05) is 32.3 Å². The summed E-state index contributed by atoms with van der Waals surface area (Å²) in [5.41, 5.74) is 0.778. The Kier molecular flexibility index (Phi) is 7.58. The zero-order valence-electron chi connectivity index (χ0n) is 17.0. The number of aliphatic imine (C=N–C) groups is 1. The molecule has 0 aliphatic rings. The lowest BCUT2D eigenvalue weighted by molar-refractivity contribution is -0.137. The van der Waals surface area contributed by atoms with E-state index in [-0.39, 0.29) is 0 Å². The van der Waals surface area contributed by atoms with Crippen LogP contribution in [0.5, 0.6) is 0 Å². The van der Waals surface area contributed by atoms with Crippen LogP contribution < -0.4 is 10.6 Å². The molecule has 0 spiro atoms. The molecule has 2 N–H and O–H groups in total. The minimum absolute atomic E-state index is 0.362. The lowest BCUT2D eigenvalue weighted by Crippen LogP contribution is -2.38. The molecule has 164 valence electrons. The monoisotopic (exact) mass is 432 g/mol. The van der Waals surface area contributed by atoms with E-state index in [0.29, 0.717) is 55.8 Å². The molecular formula is C21H23F3N6O. The third kappa shape index (κ3) is 6.80. The highest BCUT2D eigenvalue weighted by Gasteiger charge is 2.29. The molecule has 1 aromatic carbocycles. The van der Waals surface area contributed by atoms with Gasteiger partial charge in [-0.15, -0.1) is 0 Å². The van der Waals surface area contributed by atoms with Gasteiger partial charge in [0.1, 0.15) is 5.69 Å². The first-order chi connectivity index (χ1) is 15.0. The number of alkyl halides is 3. The molecule has 3 rings (SSSR count). The van der Waals surface area contributed by atoms with Crippen molar-refractivity contribution in [1.82, 2.24) is 25.8 Å². The summed E-state index contributed by atoms with van der Waals surface area (Å²) in [7, 11) is 0. The van der Waals surface area contributed by atoms with Gasteiger partial charge in [0.15, 0.2) is 11.8 Å². The van der Waals surface area contributed by atoms with Crippen LogP contribution in [0.3, 0.4) is 0 Å². The summed E-state index contributed by atoms with van der Waals surface area (Å²) in [6.07, 6.45) is -1.60. The molecule has 0 unspecified atom stereocenters. The Bertz CT molecular complexity index is 971. The van der Waals surface area contributed by atoms with Gasteiger partial charge in [0.05, 0.1) is 5.56 Å². The lowest BCUT2D eigenvalue weighted by atomic mass is 10.1. The second-order valence-electron chi connectivity index (χ2n) is 6.61. The number of benzene rings is 1. The number of hydrogen-bond donors (Lipinski definition) is 2. The van der Waals surface area contributed by atoms with Gasteiger partial charge in [-0.25, -0.2) is 0 Å². The summed E-state index contributed by atoms with van der Waals surface area (Å²) in [5.74, 6) is 1.51. The average molecular weight is 432 g/mol. The molecule has 2 heterocycles. The number of hydrogen-bond acceptors (Lipinski definition) is 5. The van der Waals surface area contributed by atoms with Crippen LogP contribution in [-0.2, 0) is 19.0 Å². The SMILES string of the molecule is CCNC(=NCCc1noc(-c2ccccn2)n1)NCCc1ccc(C(F)(F)F)cc1. The lowest BCUT2D eigenvalue weighted by Gasteiger charge is -2.11. The van der Waals surface area contributed by atoms with Crippen molar-refractivity contribution < 1.29 is 17.7 Å². The van der Waals surface area contributed by atoms with E-state index in [0.717, 1.165) is 17.7 Å². The predicted octanol–water partition coefficient (Wildman–Crippen LogP) is 3.49. The molecule has 0 bridgehead atoms. The summed E-state index contributed by atoms with van der Waals surface area (Å²) in [5, 5.41) is 10.3. The van der Waals surface area contributed by atoms with E-state index in [1.54, 1.807) is 12.3 Å². The Morgan fingerprint density at radius 2 is 1.87 bits per heavy atom. The zero-order valence-corrected chi connectivity index (χ0v) is 17.0. The van der Waals surface area contributed by atoms with Crippen molar-refractivity contribution in [2.24, 2.45) is 4.99 Å². The Morgan fingerprint density at radius 3 is 2.55 bits per heavy atom. The van der Waals surface area contributed by atoms with Crippen LogP contribution in [0.15, 0.2) is 58.2 Å². The number of pyridine rings is 1. The van der Waals surface area contributed by atoms with Gasteiger partial charge in [-0.1, -0.05) is 23.4 Å². The van der Waals surface area contributed by atoms with Crippen molar-refractivity contribution in [1.29, 1.82) is 0 Å². The van der Waals surface area contributed by atoms with Crippen LogP contribution >= 0.6 is 0 Å². The Balaban J connectivity index is 1.48. The topological polar surface area (TPSA) is 88.2 Å². The highest BCUT2D eigenvalue weighted by molar-refractivity contribution is 5.79. The standard InChI is InChI=1S/C21H23F3N6O/c1-2-25-20(27-13-10-15-6-8-16(9-7-15)21(22,23)24)28-14-11-18-29-19(31-30-18)17-5-3-4-12-26-17/h3-9,12H,2,10-11,13-14H2,1H3,(H2,25,27,28). The molecule has 0 atom stereocenters. The maximum absolute atomic E-state index is 12.6. The van der Waals surface area contributed by atoms with Gasteiger partial charge in [-0.05, 0) is 43.2 Å². The molecule has 10 heteroatoms. The summed E-state index contributed by atoms with van der Waals surface area (Å²) in [6, 6.07) is 10.6. The summed E-state index contributed by atoms with van der Waals surface area (Å²) >= 11 is 0. The van der Waals surface area contributed by atoms with E-state index in [4.69, 9.17) is 4.52 Å². The molecule has 3 aromatic rings. The van der Waals surface area contributed by atoms with Crippen molar-refractivity contribution in [2.75, 3.05) is 19.6 Å². The van der Waals surface area contributed by atoms with Gasteiger partial charge in [-0.3, -0.25) is 9.98 Å². The van der Waals surface area contributed by atoms with Crippen LogP contribution in [0, 0.1) is 0 Å². The van der Waals surface area contributed by atoms with Gasteiger partial charge in [0.25, 0.3) is 5.89 Å². The molecule has 0 fully saturated rings. The third-order valence-corrected chi connectivity index (χ3v) is 4.29. The second-order valence-corrected chi connectivity index (χ2v) is 6.61. The van der Waals surface area contributed by atoms with Crippen LogP contribution in [0.1, 0.15) is 23.9 Å². The minimum Gasteiger partial charge on any atom is -0.357 e. The largest absolute Gasteiger partial charge is 0.416 e. The van der Waals surface area contributed by atoms with E-state index in [1.165, 1.54) is 12.1 Å². The average Bonchev–Trinajstić information content (AvgIpc) is 3.23. The van der Waals surface area contributed by atoms with Crippen molar-refractivity contribution >= 4 is 5.96 Å². The van der Waals surface area contributed by atoms with Crippen LogP contribution in [0.2, 0.25) is 0 Å². The number of aromatic nitrogens is 3. The second kappa shape index (κ2) is 10.6. The maximum Gasteiger partial charge on any atom is 0.416 e. The summed E-state index contributed by atoms with van der Waals surface area (Å²) in [6.45, 7) is 3.60. The van der Waals surface area contributed by atoms with Gasteiger partial charge >= 0.3 is 6.18 Å². The normalized spacial score (nSPS) is 12.1. The van der Waals surface area contributed by atoms with Crippen LogP contribution in [-0.4, -0.2) is 40.7 Å². The molecular weight excluding hydrogens is 409 g/mol. The Morgan fingerprint density at radius 1 is 1.06 bits per heavy atom. The highest BCUT2D eigenvalue weighted by atomic mass is 19.4. The Hall–Kier alpha value is -3.43. The quantitative estimate of drug-likeness (QED) is 0.419. The fourth-order valence-electron chi connectivity index (χ4n) is 2.74. The molecule has 0 radical (unpaired) electrons. The number of rotatable bonds is 8. The van der Waals surface area contributed by atoms with E-state index in [2.05, 4.69) is 30.8 Å². The van der Waals surface area contributed by atoms with E-state index in [1.807, 2.05) is 19.1 Å². The van der Waals surface area contributed by atoms with Crippen LogP contribution in [0.25, 0.3) is 11.6 Å². The minimum atomic E-state index is -4.32. The molecule has 7 nitrogen and oxygen atoms in total. The molecule has 0 aliphatic carbocycles. The number of guanidine groups is 1. The fraction of sp³-hybridized carbons (Fsp3) is 0.333. The van der Waals surface area contributed by atoms with E-state index >= 15 is 0 Å². The zero-order chi connectivity index (χ0) is 22.1. The molecule has 0 saturated heterocycles. The first-order valence-corrected chi connectivity index (χ1v) is 9.88. The predicted molar refractivity (Wildman–Crippen MR) is 110 cm³/mol. The Labute approximate surface area is 177 Å². The van der Waals surface area contributed by atoms with Crippen LogP contribution in [0.4, 0.5) is 13.2 Å². The van der Waals surface area contributed by atoms with E-state index < -0.39 is 11.7 Å².